The highest BCUT2D eigenvalue weighted by atomic mass is 19.2. The van der Waals surface area contributed by atoms with Crippen molar-refractivity contribution in [1.29, 1.82) is 0 Å². The Morgan fingerprint density at radius 3 is 2.29 bits per heavy atom. The Kier molecular flexibility index (Phi) is 3.17. The first-order chi connectivity index (χ1) is 7.90. The fourth-order valence-electron chi connectivity index (χ4n) is 1.97. The normalized spacial score (nSPS) is 16.3. The predicted octanol–water partition coefficient (Wildman–Crippen LogP) is 3.38. The first-order valence-electron chi connectivity index (χ1n) is 5.78. The molecule has 1 aromatic rings. The zero-order chi connectivity index (χ0) is 12.6. The van der Waals surface area contributed by atoms with Gasteiger partial charge in [-0.1, -0.05) is 0 Å². The third-order valence-corrected chi connectivity index (χ3v) is 3.42. The molecule has 1 aromatic carbocycles. The summed E-state index contributed by atoms with van der Waals surface area (Å²) in [6.07, 6.45) is 2.33. The molecule has 0 bridgehead atoms. The van der Waals surface area contributed by atoms with Gasteiger partial charge in [0.15, 0.2) is 11.6 Å². The number of hydrogen-bond acceptors (Lipinski definition) is 1. The summed E-state index contributed by atoms with van der Waals surface area (Å²) in [6, 6.07) is 1.51. The van der Waals surface area contributed by atoms with Crippen LogP contribution in [0.5, 0.6) is 0 Å². The van der Waals surface area contributed by atoms with Crippen LogP contribution in [-0.4, -0.2) is 5.54 Å². The molecule has 0 spiro atoms. The predicted molar refractivity (Wildman–Crippen MR) is 60.0 cm³/mol. The molecule has 1 N–H and O–H groups in total. The highest BCUT2D eigenvalue weighted by molar-refractivity contribution is 5.20. The molecule has 1 aliphatic rings. The van der Waals surface area contributed by atoms with Crippen LogP contribution in [0.15, 0.2) is 12.1 Å². The number of halogens is 3. The molecule has 2 rings (SSSR count). The smallest absolute Gasteiger partial charge is 0.161 e. The van der Waals surface area contributed by atoms with E-state index in [1.807, 2.05) is 13.8 Å². The largest absolute Gasteiger partial charge is 0.307 e. The van der Waals surface area contributed by atoms with Gasteiger partial charge in [-0.05, 0) is 38.7 Å². The second kappa shape index (κ2) is 4.33. The summed E-state index contributed by atoms with van der Waals surface area (Å²) >= 11 is 0. The zero-order valence-corrected chi connectivity index (χ0v) is 9.99. The van der Waals surface area contributed by atoms with Crippen molar-refractivity contribution in [2.75, 3.05) is 0 Å². The Hall–Kier alpha value is -1.03. The van der Waals surface area contributed by atoms with Crippen LogP contribution in [0.1, 0.15) is 32.3 Å². The first kappa shape index (κ1) is 12.4. The van der Waals surface area contributed by atoms with Crippen molar-refractivity contribution in [2.24, 2.45) is 5.92 Å². The van der Waals surface area contributed by atoms with Gasteiger partial charge in [0.25, 0.3) is 0 Å². The monoisotopic (exact) mass is 243 g/mol. The lowest BCUT2D eigenvalue weighted by Gasteiger charge is -2.26. The van der Waals surface area contributed by atoms with Gasteiger partial charge in [-0.3, -0.25) is 0 Å². The van der Waals surface area contributed by atoms with Crippen molar-refractivity contribution in [3.63, 3.8) is 0 Å². The average Bonchev–Trinajstić information content (AvgIpc) is 3.05. The Bertz CT molecular complexity index is 425. The van der Waals surface area contributed by atoms with Gasteiger partial charge in [0.1, 0.15) is 5.82 Å². The van der Waals surface area contributed by atoms with Crippen LogP contribution in [-0.2, 0) is 6.54 Å². The molecule has 0 saturated heterocycles. The van der Waals surface area contributed by atoms with Crippen molar-refractivity contribution in [2.45, 2.75) is 38.8 Å². The number of hydrogen-bond donors (Lipinski definition) is 1. The third-order valence-electron chi connectivity index (χ3n) is 3.42. The topological polar surface area (TPSA) is 12.0 Å². The lowest BCUT2D eigenvalue weighted by Crippen LogP contribution is -2.40. The summed E-state index contributed by atoms with van der Waals surface area (Å²) in [7, 11) is 0. The fourth-order valence-corrected chi connectivity index (χ4v) is 1.97. The van der Waals surface area contributed by atoms with Crippen LogP contribution in [0.2, 0.25) is 0 Å². The number of benzene rings is 1. The van der Waals surface area contributed by atoms with Gasteiger partial charge >= 0.3 is 0 Å². The SMILES string of the molecule is CC(C)(NCc1cc(F)c(F)cc1F)C1CC1. The van der Waals surface area contributed by atoms with E-state index in [9.17, 15) is 13.2 Å². The van der Waals surface area contributed by atoms with E-state index >= 15 is 0 Å². The molecule has 0 heterocycles. The Morgan fingerprint density at radius 2 is 1.71 bits per heavy atom. The second-order valence-corrected chi connectivity index (χ2v) is 5.21. The highest BCUT2D eigenvalue weighted by Gasteiger charge is 2.37. The standard InChI is InChI=1S/C13H16F3N/c1-13(2,9-3-4-9)17-7-8-5-11(15)12(16)6-10(8)14/h5-6,9,17H,3-4,7H2,1-2H3. The minimum absolute atomic E-state index is 0.0860. The summed E-state index contributed by atoms with van der Waals surface area (Å²) in [5.41, 5.74) is 0.0785. The summed E-state index contributed by atoms with van der Waals surface area (Å²) in [5, 5.41) is 3.20. The molecule has 94 valence electrons. The minimum atomic E-state index is -1.15. The molecule has 1 saturated carbocycles. The molecule has 0 amide bonds. The summed E-state index contributed by atoms with van der Waals surface area (Å²) in [6.45, 7) is 4.30. The summed E-state index contributed by atoms with van der Waals surface area (Å²) in [5.74, 6) is -2.26. The van der Waals surface area contributed by atoms with Crippen LogP contribution >= 0.6 is 0 Å². The van der Waals surface area contributed by atoms with E-state index < -0.39 is 17.5 Å². The van der Waals surface area contributed by atoms with Crippen molar-refractivity contribution < 1.29 is 13.2 Å². The Balaban J connectivity index is 2.06. The lowest BCUT2D eigenvalue weighted by molar-refractivity contribution is 0.336. The van der Waals surface area contributed by atoms with Gasteiger partial charge in [0.2, 0.25) is 0 Å². The molecule has 0 atom stereocenters. The molecule has 0 unspecified atom stereocenters. The quantitative estimate of drug-likeness (QED) is 0.799. The van der Waals surface area contributed by atoms with E-state index in [1.165, 1.54) is 12.8 Å². The number of rotatable bonds is 4. The van der Waals surface area contributed by atoms with Crippen molar-refractivity contribution in [3.05, 3.63) is 35.1 Å². The lowest BCUT2D eigenvalue weighted by atomic mass is 9.98. The number of nitrogens with one attached hydrogen (secondary N) is 1. The van der Waals surface area contributed by atoms with E-state index in [4.69, 9.17) is 0 Å². The van der Waals surface area contributed by atoms with Gasteiger partial charge in [0, 0.05) is 23.7 Å². The van der Waals surface area contributed by atoms with Crippen LogP contribution in [0, 0.1) is 23.4 Å². The fraction of sp³-hybridized carbons (Fsp3) is 0.538. The molecule has 1 aliphatic carbocycles. The molecule has 1 nitrogen and oxygen atoms in total. The first-order valence-corrected chi connectivity index (χ1v) is 5.78. The molecule has 17 heavy (non-hydrogen) atoms. The van der Waals surface area contributed by atoms with E-state index in [1.54, 1.807) is 0 Å². The molecule has 1 fully saturated rings. The minimum Gasteiger partial charge on any atom is -0.307 e. The third kappa shape index (κ3) is 2.80. The molecular formula is C13H16F3N. The van der Waals surface area contributed by atoms with Gasteiger partial charge in [-0.15, -0.1) is 0 Å². The highest BCUT2D eigenvalue weighted by Crippen LogP contribution is 2.39. The van der Waals surface area contributed by atoms with E-state index in [0.29, 0.717) is 12.0 Å². The zero-order valence-electron chi connectivity index (χ0n) is 9.99. The van der Waals surface area contributed by atoms with Gasteiger partial charge < -0.3 is 5.32 Å². The summed E-state index contributed by atoms with van der Waals surface area (Å²) in [4.78, 5) is 0. The maximum Gasteiger partial charge on any atom is 0.161 e. The van der Waals surface area contributed by atoms with Crippen LogP contribution in [0.4, 0.5) is 13.2 Å². The van der Waals surface area contributed by atoms with E-state index in [2.05, 4.69) is 5.32 Å². The maximum atomic E-state index is 13.4. The van der Waals surface area contributed by atoms with Crippen molar-refractivity contribution in [1.82, 2.24) is 5.32 Å². The average molecular weight is 243 g/mol. The van der Waals surface area contributed by atoms with Gasteiger partial charge in [-0.2, -0.15) is 0 Å². The van der Waals surface area contributed by atoms with Crippen LogP contribution in [0.3, 0.4) is 0 Å². The maximum absolute atomic E-state index is 13.4. The van der Waals surface area contributed by atoms with Crippen molar-refractivity contribution in [3.8, 4) is 0 Å². The molecule has 0 aliphatic heterocycles. The molecular weight excluding hydrogens is 227 g/mol. The van der Waals surface area contributed by atoms with E-state index in [0.717, 1.165) is 6.07 Å². The second-order valence-electron chi connectivity index (χ2n) is 5.21. The molecule has 4 heteroatoms. The van der Waals surface area contributed by atoms with Crippen LogP contribution < -0.4 is 5.32 Å². The molecule has 0 radical (unpaired) electrons. The van der Waals surface area contributed by atoms with Gasteiger partial charge in [0.05, 0.1) is 0 Å². The Morgan fingerprint density at radius 1 is 1.12 bits per heavy atom. The van der Waals surface area contributed by atoms with Crippen molar-refractivity contribution >= 4 is 0 Å². The van der Waals surface area contributed by atoms with E-state index in [-0.39, 0.29) is 17.6 Å². The Labute approximate surface area is 99.0 Å². The van der Waals surface area contributed by atoms with Gasteiger partial charge in [-0.25, -0.2) is 13.2 Å². The van der Waals surface area contributed by atoms with Crippen LogP contribution in [0.25, 0.3) is 0 Å². The molecule has 0 aromatic heterocycles. The summed E-state index contributed by atoms with van der Waals surface area (Å²) < 4.78 is 39.1.